The van der Waals surface area contributed by atoms with Crippen molar-refractivity contribution in [3.63, 3.8) is 0 Å². The van der Waals surface area contributed by atoms with Crippen LogP contribution in [0, 0.1) is 0 Å². The van der Waals surface area contributed by atoms with Gasteiger partial charge in [-0.2, -0.15) is 0 Å². The van der Waals surface area contributed by atoms with Crippen molar-refractivity contribution in [3.05, 3.63) is 107 Å². The molecule has 0 aliphatic carbocycles. The van der Waals surface area contributed by atoms with Crippen LogP contribution in [0.3, 0.4) is 0 Å². The van der Waals surface area contributed by atoms with E-state index in [4.69, 9.17) is 9.47 Å². The molecule has 0 unspecified atom stereocenters. The van der Waals surface area contributed by atoms with Crippen LogP contribution in [0.2, 0.25) is 0 Å². The van der Waals surface area contributed by atoms with Gasteiger partial charge >= 0.3 is 0 Å². The fourth-order valence-electron chi connectivity index (χ4n) is 4.73. The van der Waals surface area contributed by atoms with Crippen LogP contribution in [0.15, 0.2) is 85.2 Å². The van der Waals surface area contributed by atoms with Gasteiger partial charge in [-0.3, -0.25) is 14.6 Å². The van der Waals surface area contributed by atoms with E-state index in [9.17, 15) is 14.7 Å². The van der Waals surface area contributed by atoms with Gasteiger partial charge in [-0.15, -0.1) is 0 Å². The Balaban J connectivity index is 1.62. The van der Waals surface area contributed by atoms with E-state index in [2.05, 4.69) is 11.6 Å². The summed E-state index contributed by atoms with van der Waals surface area (Å²) in [6.07, 6.45) is 5.69. The zero-order valence-electron chi connectivity index (χ0n) is 19.9. The Morgan fingerprint density at radius 1 is 1.22 bits per heavy atom. The predicted molar refractivity (Wildman–Crippen MR) is 134 cm³/mol. The Kier molecular flexibility index (Phi) is 6.29. The van der Waals surface area contributed by atoms with Crippen LogP contribution in [0.5, 0.6) is 11.5 Å². The lowest BCUT2D eigenvalue weighted by Gasteiger charge is -2.25. The summed E-state index contributed by atoms with van der Waals surface area (Å²) in [4.78, 5) is 32.2. The highest BCUT2D eigenvalue weighted by Gasteiger charge is 2.46. The second-order valence-electron chi connectivity index (χ2n) is 8.92. The smallest absolute Gasteiger partial charge is 0.295 e. The highest BCUT2D eigenvalue weighted by Crippen LogP contribution is 2.42. The zero-order chi connectivity index (χ0) is 25.2. The predicted octanol–water partition coefficient (Wildman–Crippen LogP) is 4.59. The van der Waals surface area contributed by atoms with Crippen molar-refractivity contribution in [1.29, 1.82) is 0 Å². The van der Waals surface area contributed by atoms with E-state index in [0.717, 1.165) is 16.9 Å². The number of rotatable bonds is 7. The molecule has 1 aromatic heterocycles. The van der Waals surface area contributed by atoms with Gasteiger partial charge in [0, 0.05) is 30.9 Å². The van der Waals surface area contributed by atoms with Gasteiger partial charge in [0.15, 0.2) is 0 Å². The zero-order valence-corrected chi connectivity index (χ0v) is 19.9. The maximum absolute atomic E-state index is 13.4. The summed E-state index contributed by atoms with van der Waals surface area (Å²) in [5.74, 6) is -0.292. The topological polar surface area (TPSA) is 89.0 Å². The van der Waals surface area contributed by atoms with E-state index < -0.39 is 17.7 Å². The molecule has 0 bridgehead atoms. The Bertz CT molecular complexity index is 1370. The number of aliphatic hydroxyl groups excluding tert-OH is 1. The van der Waals surface area contributed by atoms with Crippen LogP contribution in [0.1, 0.15) is 35.2 Å². The van der Waals surface area contributed by atoms with Gasteiger partial charge in [0.2, 0.25) is 0 Å². The highest BCUT2D eigenvalue weighted by atomic mass is 16.5. The fraction of sp³-hybridized carbons (Fsp3) is 0.207. The van der Waals surface area contributed by atoms with Crippen LogP contribution < -0.4 is 9.47 Å². The fourth-order valence-corrected chi connectivity index (χ4v) is 4.73. The summed E-state index contributed by atoms with van der Waals surface area (Å²) < 4.78 is 11.5. The number of Topliss-reactive ketones (excluding diaryl/α,β-unsaturated/α-hetero) is 1. The monoisotopic (exact) mass is 482 g/mol. The molecule has 2 aliphatic rings. The average molecular weight is 483 g/mol. The number of aromatic nitrogens is 1. The molecule has 182 valence electrons. The van der Waals surface area contributed by atoms with Gasteiger partial charge in [0.1, 0.15) is 30.0 Å². The molecule has 3 aromatic rings. The van der Waals surface area contributed by atoms with Crippen LogP contribution in [-0.2, 0) is 22.6 Å². The Hall–Kier alpha value is -4.39. The molecule has 7 heteroatoms. The molecule has 5 rings (SSSR count). The lowest BCUT2D eigenvalue weighted by molar-refractivity contribution is -0.140. The number of amides is 1. The number of ketones is 1. The molecule has 1 saturated heterocycles. The number of hydrogen-bond donors (Lipinski definition) is 1. The number of aliphatic hydroxyl groups is 1. The number of fused-ring (bicyclic) bond motifs is 1. The van der Waals surface area contributed by atoms with E-state index >= 15 is 0 Å². The molecule has 1 amide bonds. The molecule has 0 spiro atoms. The first-order valence-electron chi connectivity index (χ1n) is 11.8. The third-order valence-corrected chi connectivity index (χ3v) is 6.33. The van der Waals surface area contributed by atoms with Crippen molar-refractivity contribution in [2.45, 2.75) is 32.0 Å². The molecular formula is C29H26N2O5. The van der Waals surface area contributed by atoms with E-state index in [1.165, 1.54) is 4.90 Å². The minimum Gasteiger partial charge on any atom is -0.507 e. The van der Waals surface area contributed by atoms with Crippen LogP contribution in [-0.4, -0.2) is 39.4 Å². The van der Waals surface area contributed by atoms with Gasteiger partial charge in [-0.25, -0.2) is 0 Å². The normalized spacial score (nSPS) is 20.2. The first kappa shape index (κ1) is 23.4. The lowest BCUT2D eigenvalue weighted by atomic mass is 9.94. The van der Waals surface area contributed by atoms with Crippen molar-refractivity contribution in [2.24, 2.45) is 0 Å². The summed E-state index contributed by atoms with van der Waals surface area (Å²) >= 11 is 0. The maximum Gasteiger partial charge on any atom is 0.295 e. The first-order valence-corrected chi connectivity index (χ1v) is 11.8. The van der Waals surface area contributed by atoms with Crippen molar-refractivity contribution >= 4 is 17.4 Å². The molecule has 7 nitrogen and oxygen atoms in total. The van der Waals surface area contributed by atoms with Gasteiger partial charge < -0.3 is 19.5 Å². The summed E-state index contributed by atoms with van der Waals surface area (Å²) in [7, 11) is 0. The van der Waals surface area contributed by atoms with E-state index in [1.807, 2.05) is 25.1 Å². The Labute approximate surface area is 209 Å². The van der Waals surface area contributed by atoms with Gasteiger partial charge in [-0.1, -0.05) is 30.9 Å². The lowest BCUT2D eigenvalue weighted by Crippen LogP contribution is -2.29. The standard InChI is InChI=1S/C29H26N2O5/c1-3-12-35-23-8-4-7-20(15-23)26-25(27(32)21-9-10-24-22(14-21)13-18(2)36-24)28(33)29(34)31(26)17-19-6-5-11-30-16-19/h3-11,14-16,18,26,32H,1,12-13,17H2,2H3/b27-25+/t18-,26+/m0/s1. The van der Waals surface area contributed by atoms with E-state index in [-0.39, 0.29) is 24.0 Å². The maximum atomic E-state index is 13.4. The first-order chi connectivity index (χ1) is 17.5. The van der Waals surface area contributed by atoms with Crippen molar-refractivity contribution in [2.75, 3.05) is 6.61 Å². The molecule has 3 heterocycles. The molecule has 1 fully saturated rings. The largest absolute Gasteiger partial charge is 0.507 e. The third kappa shape index (κ3) is 4.35. The molecule has 36 heavy (non-hydrogen) atoms. The minimum atomic E-state index is -0.805. The van der Waals surface area contributed by atoms with Gasteiger partial charge in [0.05, 0.1) is 11.6 Å². The number of carbonyl (C=O) groups excluding carboxylic acids is 2. The molecule has 0 radical (unpaired) electrons. The van der Waals surface area contributed by atoms with Gasteiger partial charge in [-0.05, 0) is 60.0 Å². The van der Waals surface area contributed by atoms with E-state index in [1.54, 1.807) is 54.9 Å². The van der Waals surface area contributed by atoms with Crippen LogP contribution >= 0.6 is 0 Å². The number of benzene rings is 2. The summed E-state index contributed by atoms with van der Waals surface area (Å²) in [6, 6.07) is 15.3. The Morgan fingerprint density at radius 3 is 2.86 bits per heavy atom. The van der Waals surface area contributed by atoms with Crippen molar-refractivity contribution in [1.82, 2.24) is 9.88 Å². The number of ether oxygens (including phenoxy) is 2. The molecule has 2 aliphatic heterocycles. The molecule has 2 atom stereocenters. The SMILES string of the molecule is C=CCOc1cccc([C@@H]2/C(=C(\O)c3ccc4c(c3)C[C@H](C)O4)C(=O)C(=O)N2Cc2cccnc2)c1. The van der Waals surface area contributed by atoms with Crippen LogP contribution in [0.25, 0.3) is 5.76 Å². The Morgan fingerprint density at radius 2 is 2.08 bits per heavy atom. The van der Waals surface area contributed by atoms with Gasteiger partial charge in [0.25, 0.3) is 11.7 Å². The number of nitrogens with zero attached hydrogens (tertiary/aromatic N) is 2. The number of carbonyl (C=O) groups is 2. The molecule has 2 aromatic carbocycles. The van der Waals surface area contributed by atoms with Crippen molar-refractivity contribution in [3.8, 4) is 11.5 Å². The third-order valence-electron chi connectivity index (χ3n) is 6.33. The molecule has 1 N–H and O–H groups in total. The second kappa shape index (κ2) is 9.70. The number of hydrogen-bond acceptors (Lipinski definition) is 6. The quantitative estimate of drug-likeness (QED) is 0.229. The average Bonchev–Trinajstić information content (AvgIpc) is 3.39. The molecule has 0 saturated carbocycles. The molecular weight excluding hydrogens is 456 g/mol. The number of pyridine rings is 1. The van der Waals surface area contributed by atoms with Crippen molar-refractivity contribution < 1.29 is 24.2 Å². The van der Waals surface area contributed by atoms with Crippen LogP contribution in [0.4, 0.5) is 0 Å². The summed E-state index contributed by atoms with van der Waals surface area (Å²) in [6.45, 7) is 6.13. The summed E-state index contributed by atoms with van der Waals surface area (Å²) in [5, 5.41) is 11.4. The van der Waals surface area contributed by atoms with E-state index in [0.29, 0.717) is 29.9 Å². The highest BCUT2D eigenvalue weighted by molar-refractivity contribution is 6.46. The summed E-state index contributed by atoms with van der Waals surface area (Å²) in [5.41, 5.74) is 2.88. The second-order valence-corrected chi connectivity index (χ2v) is 8.92. The minimum absolute atomic E-state index is 0.0386. The number of likely N-dealkylation sites (tertiary alicyclic amines) is 1.